The van der Waals surface area contributed by atoms with E-state index in [1.807, 2.05) is 0 Å². The van der Waals surface area contributed by atoms with E-state index in [0.717, 1.165) is 5.69 Å². The van der Waals surface area contributed by atoms with Gasteiger partial charge >= 0.3 is 0 Å². The average molecular weight is 335 g/mol. The maximum absolute atomic E-state index is 10.5. The molecule has 0 aliphatic heterocycles. The van der Waals surface area contributed by atoms with Crippen LogP contribution in [0.4, 0.5) is 11.4 Å². The second-order valence-corrected chi connectivity index (χ2v) is 5.02. The molecule has 0 aliphatic rings. The van der Waals surface area contributed by atoms with Crippen LogP contribution in [0.3, 0.4) is 0 Å². The molecule has 0 amide bonds. The van der Waals surface area contributed by atoms with Crippen molar-refractivity contribution < 1.29 is 4.92 Å². The van der Waals surface area contributed by atoms with Gasteiger partial charge in [-0.2, -0.15) is 5.10 Å². The van der Waals surface area contributed by atoms with E-state index >= 15 is 0 Å². The number of nitro groups is 1. The van der Waals surface area contributed by atoms with E-state index in [1.165, 1.54) is 18.3 Å². The van der Waals surface area contributed by atoms with Gasteiger partial charge in [0.05, 0.1) is 11.1 Å². The maximum atomic E-state index is 10.5. The molecule has 0 heterocycles. The van der Waals surface area contributed by atoms with Crippen molar-refractivity contribution in [1.82, 2.24) is 5.43 Å². The van der Waals surface area contributed by atoms with Gasteiger partial charge in [-0.15, -0.1) is 0 Å². The van der Waals surface area contributed by atoms with Crippen LogP contribution in [0.1, 0.15) is 5.56 Å². The van der Waals surface area contributed by atoms with Crippen molar-refractivity contribution in [2.75, 3.05) is 5.32 Å². The van der Waals surface area contributed by atoms with E-state index in [4.69, 9.17) is 23.8 Å². The van der Waals surface area contributed by atoms with Crippen molar-refractivity contribution in [3.63, 3.8) is 0 Å². The number of nitrogens with one attached hydrogen (secondary N) is 2. The van der Waals surface area contributed by atoms with Crippen LogP contribution in [0.5, 0.6) is 0 Å². The molecular weight excluding hydrogens is 324 g/mol. The summed E-state index contributed by atoms with van der Waals surface area (Å²) in [5, 5.41) is 18.4. The van der Waals surface area contributed by atoms with E-state index < -0.39 is 4.92 Å². The highest BCUT2D eigenvalue weighted by Crippen LogP contribution is 2.13. The Kier molecular flexibility index (Phi) is 5.40. The lowest BCUT2D eigenvalue weighted by Crippen LogP contribution is -2.23. The van der Waals surface area contributed by atoms with Gasteiger partial charge in [-0.25, -0.2) is 0 Å². The van der Waals surface area contributed by atoms with Gasteiger partial charge in [-0.1, -0.05) is 11.6 Å². The molecule has 0 fully saturated rings. The third kappa shape index (κ3) is 4.80. The van der Waals surface area contributed by atoms with E-state index in [0.29, 0.717) is 15.7 Å². The molecule has 0 bridgehead atoms. The number of rotatable bonds is 4. The van der Waals surface area contributed by atoms with Crippen molar-refractivity contribution in [3.05, 3.63) is 69.2 Å². The van der Waals surface area contributed by atoms with Crippen LogP contribution in [0.25, 0.3) is 0 Å². The van der Waals surface area contributed by atoms with Crippen molar-refractivity contribution in [2.45, 2.75) is 0 Å². The summed E-state index contributed by atoms with van der Waals surface area (Å²) >= 11 is 10.9. The number of nitrogens with zero attached hydrogens (tertiary/aromatic N) is 2. The van der Waals surface area contributed by atoms with Crippen LogP contribution in [-0.4, -0.2) is 16.3 Å². The first-order valence-electron chi connectivity index (χ1n) is 6.15. The molecule has 0 unspecified atom stereocenters. The standard InChI is InChI=1S/C14H11ClN4O2S/c15-11-3-5-12(6-4-11)17-14(22)18-16-9-10-1-7-13(8-2-10)19(20)21/h1-9H,(H2,17,18,22)/b16-9+. The number of non-ortho nitro benzene ring substituents is 1. The summed E-state index contributed by atoms with van der Waals surface area (Å²) in [5.74, 6) is 0. The van der Waals surface area contributed by atoms with Gasteiger partial charge in [-0.3, -0.25) is 15.5 Å². The second kappa shape index (κ2) is 7.48. The third-order valence-corrected chi connectivity index (χ3v) is 3.03. The number of benzene rings is 2. The largest absolute Gasteiger partial charge is 0.331 e. The molecule has 112 valence electrons. The number of halogens is 1. The van der Waals surface area contributed by atoms with Crippen LogP contribution in [0.15, 0.2) is 53.6 Å². The van der Waals surface area contributed by atoms with Crippen LogP contribution in [0, 0.1) is 10.1 Å². The van der Waals surface area contributed by atoms with Gasteiger partial charge in [0.1, 0.15) is 0 Å². The number of hydrazone groups is 1. The fourth-order valence-corrected chi connectivity index (χ4v) is 1.84. The molecular formula is C14H11ClN4O2S. The first-order chi connectivity index (χ1) is 10.5. The molecule has 2 rings (SSSR count). The predicted molar refractivity (Wildman–Crippen MR) is 91.5 cm³/mol. The maximum Gasteiger partial charge on any atom is 0.269 e. The smallest absolute Gasteiger partial charge is 0.269 e. The molecule has 2 aromatic carbocycles. The molecule has 2 N–H and O–H groups in total. The fraction of sp³-hybridized carbons (Fsp3) is 0. The minimum Gasteiger partial charge on any atom is -0.331 e. The highest BCUT2D eigenvalue weighted by atomic mass is 35.5. The molecule has 0 aromatic heterocycles. The third-order valence-electron chi connectivity index (χ3n) is 2.59. The quantitative estimate of drug-likeness (QED) is 0.387. The average Bonchev–Trinajstić information content (AvgIpc) is 2.50. The molecule has 0 saturated carbocycles. The summed E-state index contributed by atoms with van der Waals surface area (Å²) in [7, 11) is 0. The Bertz CT molecular complexity index is 702. The Morgan fingerprint density at radius 2 is 1.82 bits per heavy atom. The summed E-state index contributed by atoms with van der Waals surface area (Å²) in [5.41, 5.74) is 4.19. The summed E-state index contributed by atoms with van der Waals surface area (Å²) in [4.78, 5) is 10.1. The van der Waals surface area contributed by atoms with Gasteiger partial charge in [0, 0.05) is 22.8 Å². The number of thiocarbonyl (C=S) groups is 1. The molecule has 0 aliphatic carbocycles. The minimum atomic E-state index is -0.454. The lowest BCUT2D eigenvalue weighted by Gasteiger charge is -2.06. The summed E-state index contributed by atoms with van der Waals surface area (Å²) in [6.45, 7) is 0. The fourth-order valence-electron chi connectivity index (χ4n) is 1.54. The Labute approximate surface area is 136 Å². The van der Waals surface area contributed by atoms with Gasteiger partial charge in [-0.05, 0) is 54.2 Å². The molecule has 2 aromatic rings. The predicted octanol–water partition coefficient (Wildman–Crippen LogP) is 3.57. The summed E-state index contributed by atoms with van der Waals surface area (Å²) in [6.07, 6.45) is 1.51. The normalized spacial score (nSPS) is 10.4. The van der Waals surface area contributed by atoms with Crippen molar-refractivity contribution in [3.8, 4) is 0 Å². The van der Waals surface area contributed by atoms with Crippen molar-refractivity contribution in [1.29, 1.82) is 0 Å². The van der Waals surface area contributed by atoms with Gasteiger partial charge in [0.2, 0.25) is 0 Å². The zero-order valence-corrected chi connectivity index (χ0v) is 12.8. The zero-order chi connectivity index (χ0) is 15.9. The van der Waals surface area contributed by atoms with Crippen LogP contribution in [0.2, 0.25) is 5.02 Å². The number of hydrogen-bond acceptors (Lipinski definition) is 4. The Morgan fingerprint density at radius 1 is 1.18 bits per heavy atom. The first-order valence-corrected chi connectivity index (χ1v) is 6.93. The minimum absolute atomic E-state index is 0.0324. The van der Waals surface area contributed by atoms with E-state index in [2.05, 4.69) is 15.8 Å². The van der Waals surface area contributed by atoms with Crippen LogP contribution >= 0.6 is 23.8 Å². The second-order valence-electron chi connectivity index (χ2n) is 4.18. The molecule has 0 saturated heterocycles. The Balaban J connectivity index is 1.87. The summed E-state index contributed by atoms with van der Waals surface area (Å²) in [6, 6.07) is 13.1. The topological polar surface area (TPSA) is 79.6 Å². The Hall–Kier alpha value is -2.51. The van der Waals surface area contributed by atoms with E-state index in [9.17, 15) is 10.1 Å². The molecule has 0 radical (unpaired) electrons. The highest BCUT2D eigenvalue weighted by Gasteiger charge is 2.02. The van der Waals surface area contributed by atoms with Crippen molar-refractivity contribution in [2.24, 2.45) is 5.10 Å². The lowest BCUT2D eigenvalue weighted by molar-refractivity contribution is -0.384. The zero-order valence-electron chi connectivity index (χ0n) is 11.2. The number of anilines is 1. The number of hydrogen-bond donors (Lipinski definition) is 2. The van der Waals surface area contributed by atoms with E-state index in [1.54, 1.807) is 36.4 Å². The molecule has 22 heavy (non-hydrogen) atoms. The van der Waals surface area contributed by atoms with Crippen LogP contribution in [-0.2, 0) is 0 Å². The SMILES string of the molecule is O=[N+]([O-])c1ccc(/C=N/NC(=S)Nc2ccc(Cl)cc2)cc1. The van der Waals surface area contributed by atoms with Crippen molar-refractivity contribution >= 4 is 46.5 Å². The molecule has 8 heteroatoms. The molecule has 6 nitrogen and oxygen atoms in total. The Morgan fingerprint density at radius 3 is 2.41 bits per heavy atom. The molecule has 0 atom stereocenters. The molecule has 0 spiro atoms. The lowest BCUT2D eigenvalue weighted by atomic mass is 10.2. The van der Waals surface area contributed by atoms with Gasteiger partial charge in [0.15, 0.2) is 5.11 Å². The summed E-state index contributed by atoms with van der Waals surface area (Å²) < 4.78 is 0. The van der Waals surface area contributed by atoms with Gasteiger partial charge in [0.25, 0.3) is 5.69 Å². The van der Waals surface area contributed by atoms with Crippen LogP contribution < -0.4 is 10.7 Å². The highest BCUT2D eigenvalue weighted by molar-refractivity contribution is 7.80. The number of nitro benzene ring substituents is 1. The van der Waals surface area contributed by atoms with E-state index in [-0.39, 0.29) is 5.69 Å². The first kappa shape index (κ1) is 15.9. The van der Waals surface area contributed by atoms with Gasteiger partial charge < -0.3 is 5.32 Å². The monoisotopic (exact) mass is 334 g/mol.